The highest BCUT2D eigenvalue weighted by Gasteiger charge is 2.19. The fourth-order valence-electron chi connectivity index (χ4n) is 3.09. The zero-order valence-electron chi connectivity index (χ0n) is 16.8. The molecule has 0 aromatic heterocycles. The minimum absolute atomic E-state index is 0.0138. The van der Waals surface area contributed by atoms with Crippen molar-refractivity contribution in [2.75, 3.05) is 20.6 Å². The Hall–Kier alpha value is -2.72. The van der Waals surface area contributed by atoms with Crippen LogP contribution in [-0.4, -0.2) is 54.1 Å². The zero-order chi connectivity index (χ0) is 22.3. The van der Waals surface area contributed by atoms with E-state index in [1.54, 1.807) is 0 Å². The molecule has 3 rings (SSSR count). The highest BCUT2D eigenvalue weighted by Crippen LogP contribution is 2.37. The normalized spacial score (nSPS) is 14.1. The lowest BCUT2D eigenvalue weighted by Gasteiger charge is -2.13. The van der Waals surface area contributed by atoms with E-state index in [-0.39, 0.29) is 6.42 Å². The maximum Gasteiger partial charge on any atom is 0.394 e. The van der Waals surface area contributed by atoms with Crippen LogP contribution < -0.4 is 4.74 Å². The Kier molecular flexibility index (Phi) is 8.13. The summed E-state index contributed by atoms with van der Waals surface area (Å²) in [5.74, 6) is -0.0190. The molecule has 0 aliphatic carbocycles. The molecule has 162 valence electrons. The van der Waals surface area contributed by atoms with E-state index in [4.69, 9.17) is 27.4 Å². The van der Waals surface area contributed by atoms with Gasteiger partial charge in [0.05, 0.1) is 6.42 Å². The van der Waals surface area contributed by atoms with Gasteiger partial charge in [-0.1, -0.05) is 36.4 Å². The highest BCUT2D eigenvalue weighted by molar-refractivity contribution is 7.79. The van der Waals surface area contributed by atoms with E-state index < -0.39 is 16.4 Å². The van der Waals surface area contributed by atoms with E-state index in [1.807, 2.05) is 30.3 Å². The number of hydrogen-bond donors (Lipinski definition) is 3. The van der Waals surface area contributed by atoms with Crippen LogP contribution >= 0.6 is 0 Å². The first-order valence-electron chi connectivity index (χ1n) is 9.15. The van der Waals surface area contributed by atoms with Crippen molar-refractivity contribution in [3.8, 4) is 5.75 Å². The van der Waals surface area contributed by atoms with E-state index in [1.165, 1.54) is 0 Å². The smallest absolute Gasteiger partial charge is 0.394 e. The van der Waals surface area contributed by atoms with Crippen LogP contribution in [0.3, 0.4) is 0 Å². The molecule has 1 aliphatic heterocycles. The third kappa shape index (κ3) is 7.60. The predicted molar refractivity (Wildman–Crippen MR) is 113 cm³/mol. The van der Waals surface area contributed by atoms with Gasteiger partial charge in [0, 0.05) is 12.1 Å². The molecule has 9 heteroatoms. The summed E-state index contributed by atoms with van der Waals surface area (Å²) in [7, 11) is -0.552. The largest absolute Gasteiger partial charge is 0.488 e. The second-order valence-electron chi connectivity index (χ2n) is 7.00. The Morgan fingerprint density at radius 3 is 2.43 bits per heavy atom. The maximum atomic E-state index is 11.1. The molecule has 1 heterocycles. The van der Waals surface area contributed by atoms with E-state index in [0.717, 1.165) is 46.5 Å². The molecule has 0 unspecified atom stereocenters. The molecule has 0 spiro atoms. The molecule has 0 amide bonds. The number of aliphatic carboxylic acids is 1. The lowest BCUT2D eigenvalue weighted by molar-refractivity contribution is -0.136. The second-order valence-corrected chi connectivity index (χ2v) is 7.90. The van der Waals surface area contributed by atoms with E-state index in [9.17, 15) is 4.79 Å². The van der Waals surface area contributed by atoms with Crippen molar-refractivity contribution in [3.63, 3.8) is 0 Å². The Bertz CT molecular complexity index is 1020. The fourth-order valence-corrected chi connectivity index (χ4v) is 3.09. The SMILES string of the molecule is CN(C)CC/C=C1/c2ccccc2COc2ccc(CC(=O)O)cc21.O=S(=O)(O)O. The van der Waals surface area contributed by atoms with Crippen molar-refractivity contribution in [3.05, 3.63) is 70.8 Å². The van der Waals surface area contributed by atoms with Gasteiger partial charge in [-0.15, -0.1) is 0 Å². The molecule has 0 saturated heterocycles. The number of rotatable bonds is 5. The van der Waals surface area contributed by atoms with Crippen molar-refractivity contribution < 1.29 is 32.2 Å². The van der Waals surface area contributed by atoms with Crippen LogP contribution in [0.1, 0.15) is 28.7 Å². The number of nitrogens with zero attached hydrogens (tertiary/aromatic N) is 1. The van der Waals surface area contributed by atoms with Crippen LogP contribution in [-0.2, 0) is 28.2 Å². The van der Waals surface area contributed by atoms with Crippen molar-refractivity contribution in [1.82, 2.24) is 4.90 Å². The summed E-state index contributed by atoms with van der Waals surface area (Å²) < 4.78 is 37.6. The topological polar surface area (TPSA) is 124 Å². The minimum atomic E-state index is -4.67. The molecular weight excluding hydrogens is 410 g/mol. The third-order valence-corrected chi connectivity index (χ3v) is 4.30. The van der Waals surface area contributed by atoms with Crippen molar-refractivity contribution in [2.45, 2.75) is 19.4 Å². The van der Waals surface area contributed by atoms with Crippen LogP contribution in [0.4, 0.5) is 0 Å². The van der Waals surface area contributed by atoms with Gasteiger partial charge < -0.3 is 14.7 Å². The molecule has 8 nitrogen and oxygen atoms in total. The molecule has 3 N–H and O–H groups in total. The standard InChI is InChI=1S/C21H23NO3.H2O4S/c1-22(2)11-5-8-18-17-7-4-3-6-16(17)14-25-20-10-9-15(12-19(18)20)13-21(23)24;1-5(2,3)4/h3-4,6-10,12H,5,11,13-14H2,1-2H3,(H,23,24);(H2,1,2,3,4)/b18-8-;. The van der Waals surface area contributed by atoms with Gasteiger partial charge in [0.15, 0.2) is 0 Å². The quantitative estimate of drug-likeness (QED) is 0.613. The van der Waals surface area contributed by atoms with Gasteiger partial charge in [-0.25, -0.2) is 0 Å². The number of carbonyl (C=O) groups is 1. The molecule has 0 bridgehead atoms. The average Bonchev–Trinajstić information content (AvgIpc) is 2.77. The van der Waals surface area contributed by atoms with Crippen LogP contribution in [0.25, 0.3) is 5.57 Å². The van der Waals surface area contributed by atoms with Crippen LogP contribution in [0.5, 0.6) is 5.75 Å². The number of carboxylic acid groups (broad SMARTS) is 1. The molecule has 0 radical (unpaired) electrons. The molecule has 2 aromatic carbocycles. The summed E-state index contributed by atoms with van der Waals surface area (Å²) in [6, 6.07) is 13.9. The van der Waals surface area contributed by atoms with E-state index >= 15 is 0 Å². The van der Waals surface area contributed by atoms with Gasteiger partial charge in [0.2, 0.25) is 0 Å². The first-order valence-corrected chi connectivity index (χ1v) is 10.5. The molecule has 0 fully saturated rings. The lowest BCUT2D eigenvalue weighted by atomic mass is 9.92. The predicted octanol–water partition coefficient (Wildman–Crippen LogP) is 2.94. The number of hydrogen-bond acceptors (Lipinski definition) is 5. The molecule has 0 atom stereocenters. The molecule has 2 aromatic rings. The second kappa shape index (κ2) is 10.4. The number of fused-ring (bicyclic) bond motifs is 2. The molecule has 1 aliphatic rings. The summed E-state index contributed by atoms with van der Waals surface area (Å²) in [5, 5.41) is 9.10. The van der Waals surface area contributed by atoms with Gasteiger partial charge in [-0.3, -0.25) is 13.9 Å². The minimum Gasteiger partial charge on any atom is -0.488 e. The Balaban J connectivity index is 0.000000575. The summed E-state index contributed by atoms with van der Waals surface area (Å²) in [6.07, 6.45) is 3.16. The first-order chi connectivity index (χ1) is 14.0. The molecule has 30 heavy (non-hydrogen) atoms. The highest BCUT2D eigenvalue weighted by atomic mass is 32.3. The van der Waals surface area contributed by atoms with Gasteiger partial charge in [0.25, 0.3) is 0 Å². The zero-order valence-corrected chi connectivity index (χ0v) is 17.6. The summed E-state index contributed by atoms with van der Waals surface area (Å²) >= 11 is 0. The van der Waals surface area contributed by atoms with Gasteiger partial charge in [-0.05, 0) is 54.9 Å². The molecule has 0 saturated carbocycles. The first kappa shape index (κ1) is 23.6. The monoisotopic (exact) mass is 435 g/mol. The third-order valence-electron chi connectivity index (χ3n) is 4.30. The van der Waals surface area contributed by atoms with Crippen LogP contribution in [0.2, 0.25) is 0 Å². The van der Waals surface area contributed by atoms with Crippen molar-refractivity contribution >= 4 is 21.9 Å². The summed E-state index contributed by atoms with van der Waals surface area (Å²) in [6.45, 7) is 1.48. The van der Waals surface area contributed by atoms with Gasteiger partial charge >= 0.3 is 16.4 Å². The van der Waals surface area contributed by atoms with Crippen LogP contribution in [0, 0.1) is 0 Å². The van der Waals surface area contributed by atoms with Crippen LogP contribution in [0.15, 0.2) is 48.5 Å². The van der Waals surface area contributed by atoms with Gasteiger partial charge in [-0.2, -0.15) is 8.42 Å². The average molecular weight is 435 g/mol. The van der Waals surface area contributed by atoms with E-state index in [0.29, 0.717) is 6.61 Å². The number of carboxylic acids is 1. The van der Waals surface area contributed by atoms with Crippen molar-refractivity contribution in [1.29, 1.82) is 0 Å². The van der Waals surface area contributed by atoms with Gasteiger partial charge in [0.1, 0.15) is 12.4 Å². The Morgan fingerprint density at radius 1 is 1.13 bits per heavy atom. The van der Waals surface area contributed by atoms with Crippen molar-refractivity contribution in [2.24, 2.45) is 0 Å². The fraction of sp³-hybridized carbons (Fsp3) is 0.286. The number of ether oxygens (including phenoxy) is 1. The summed E-state index contributed by atoms with van der Waals surface area (Å²) in [5.41, 5.74) is 5.19. The Morgan fingerprint density at radius 2 is 1.80 bits per heavy atom. The maximum absolute atomic E-state index is 11.1. The Labute approximate surface area is 176 Å². The van der Waals surface area contributed by atoms with E-state index in [2.05, 4.69) is 37.2 Å². The lowest BCUT2D eigenvalue weighted by Crippen LogP contribution is -2.12. The molecular formula is C21H25NO7S. The number of benzene rings is 2. The summed E-state index contributed by atoms with van der Waals surface area (Å²) in [4.78, 5) is 13.2.